The normalized spacial score (nSPS) is 14.6. The lowest BCUT2D eigenvalue weighted by Gasteiger charge is -2.08. The number of carbonyl (C=O) groups is 2. The second-order valence-corrected chi connectivity index (χ2v) is 6.37. The number of hydrogen-bond donors (Lipinski definition) is 0. The van der Waals surface area contributed by atoms with Gasteiger partial charge >= 0.3 is 11.9 Å². The predicted octanol–water partition coefficient (Wildman–Crippen LogP) is 4.12. The zero-order valence-electron chi connectivity index (χ0n) is 15.8. The lowest BCUT2D eigenvalue weighted by molar-refractivity contribution is -0.132. The predicted molar refractivity (Wildman–Crippen MR) is 109 cm³/mol. The van der Waals surface area contributed by atoms with E-state index in [4.69, 9.17) is 14.2 Å². The van der Waals surface area contributed by atoms with Crippen molar-refractivity contribution in [2.75, 3.05) is 7.11 Å². The molecule has 3 aromatic rings. The zero-order chi connectivity index (χ0) is 20.4. The Morgan fingerprint density at radius 1 is 1.03 bits per heavy atom. The second kappa shape index (κ2) is 7.59. The lowest BCUT2D eigenvalue weighted by atomic mass is 10.0. The number of esters is 2. The molecule has 0 fully saturated rings. The molecule has 0 amide bonds. The van der Waals surface area contributed by atoms with Crippen LogP contribution < -0.4 is 9.47 Å². The highest BCUT2D eigenvalue weighted by Gasteiger charge is 2.25. The third kappa shape index (κ3) is 3.73. The molecule has 6 nitrogen and oxygen atoms in total. The number of methoxy groups -OCH3 is 1. The van der Waals surface area contributed by atoms with Crippen molar-refractivity contribution in [1.29, 1.82) is 0 Å². The maximum atomic E-state index is 12.4. The summed E-state index contributed by atoms with van der Waals surface area (Å²) in [4.78, 5) is 27.9. The van der Waals surface area contributed by atoms with Gasteiger partial charge in [0.05, 0.1) is 7.11 Å². The molecule has 0 spiro atoms. The van der Waals surface area contributed by atoms with Gasteiger partial charge in [0, 0.05) is 12.5 Å². The van der Waals surface area contributed by atoms with Crippen molar-refractivity contribution >= 4 is 34.7 Å². The van der Waals surface area contributed by atoms with Gasteiger partial charge in [-0.3, -0.25) is 4.79 Å². The molecule has 0 unspecified atom stereocenters. The first-order valence-corrected chi connectivity index (χ1v) is 8.92. The standard InChI is InChI=1S/C23H17NO5/c1-14(25)28-20-11-10-15(13-21(20)27-2)12-19-23(26)29-22(24-19)18-9-5-7-16-6-3-4-8-17(16)18/h3-13H,1-2H3. The van der Waals surface area contributed by atoms with Gasteiger partial charge in [-0.05, 0) is 40.6 Å². The summed E-state index contributed by atoms with van der Waals surface area (Å²) in [5.74, 6) is -0.0362. The summed E-state index contributed by atoms with van der Waals surface area (Å²) in [5.41, 5.74) is 1.59. The van der Waals surface area contributed by atoms with Crippen molar-refractivity contribution in [3.8, 4) is 11.5 Å². The van der Waals surface area contributed by atoms with E-state index in [2.05, 4.69) is 4.99 Å². The second-order valence-electron chi connectivity index (χ2n) is 6.37. The van der Waals surface area contributed by atoms with Gasteiger partial charge in [0.2, 0.25) is 5.90 Å². The van der Waals surface area contributed by atoms with Crippen LogP contribution in [0.4, 0.5) is 0 Å². The van der Waals surface area contributed by atoms with Crippen LogP contribution in [0.15, 0.2) is 71.4 Å². The Labute approximate surface area is 167 Å². The fourth-order valence-electron chi connectivity index (χ4n) is 3.11. The monoisotopic (exact) mass is 387 g/mol. The maximum absolute atomic E-state index is 12.4. The SMILES string of the molecule is COc1cc(C=C2N=C(c3cccc4ccccc34)OC2=O)ccc1OC(C)=O. The number of aliphatic imine (C=N–C) groups is 1. The number of carbonyl (C=O) groups excluding carboxylic acids is 2. The van der Waals surface area contributed by atoms with Crippen LogP contribution in [0.25, 0.3) is 16.8 Å². The minimum atomic E-state index is -0.532. The number of benzene rings is 3. The van der Waals surface area contributed by atoms with E-state index in [1.165, 1.54) is 14.0 Å². The molecule has 144 valence electrons. The molecule has 0 atom stereocenters. The highest BCUT2D eigenvalue weighted by Crippen LogP contribution is 2.30. The Balaban J connectivity index is 1.70. The van der Waals surface area contributed by atoms with E-state index in [1.807, 2.05) is 42.5 Å². The quantitative estimate of drug-likeness (QED) is 0.382. The highest BCUT2D eigenvalue weighted by atomic mass is 16.6. The smallest absolute Gasteiger partial charge is 0.363 e. The summed E-state index contributed by atoms with van der Waals surface area (Å²) in [5, 5.41) is 1.99. The van der Waals surface area contributed by atoms with Crippen LogP contribution in [0.2, 0.25) is 0 Å². The average molecular weight is 387 g/mol. The molecule has 0 saturated heterocycles. The van der Waals surface area contributed by atoms with E-state index in [9.17, 15) is 9.59 Å². The molecule has 0 bridgehead atoms. The van der Waals surface area contributed by atoms with Crippen molar-refractivity contribution in [2.45, 2.75) is 6.92 Å². The Morgan fingerprint density at radius 3 is 2.62 bits per heavy atom. The van der Waals surface area contributed by atoms with Crippen molar-refractivity contribution in [1.82, 2.24) is 0 Å². The molecule has 0 N–H and O–H groups in total. The largest absolute Gasteiger partial charge is 0.493 e. The van der Waals surface area contributed by atoms with Crippen molar-refractivity contribution < 1.29 is 23.8 Å². The number of ether oxygens (including phenoxy) is 3. The van der Waals surface area contributed by atoms with Gasteiger partial charge in [-0.1, -0.05) is 42.5 Å². The first-order chi connectivity index (χ1) is 14.0. The number of hydrogen-bond acceptors (Lipinski definition) is 6. The minimum absolute atomic E-state index is 0.176. The molecule has 29 heavy (non-hydrogen) atoms. The van der Waals surface area contributed by atoms with E-state index in [-0.39, 0.29) is 11.6 Å². The third-order valence-electron chi connectivity index (χ3n) is 4.39. The molecule has 1 aliphatic heterocycles. The fraction of sp³-hybridized carbons (Fsp3) is 0.0870. The summed E-state index contributed by atoms with van der Waals surface area (Å²) < 4.78 is 15.8. The fourth-order valence-corrected chi connectivity index (χ4v) is 3.11. The zero-order valence-corrected chi connectivity index (χ0v) is 15.8. The van der Waals surface area contributed by atoms with Crippen LogP contribution in [0.5, 0.6) is 11.5 Å². The first-order valence-electron chi connectivity index (χ1n) is 8.92. The van der Waals surface area contributed by atoms with Gasteiger partial charge in [0.1, 0.15) is 0 Å². The average Bonchev–Trinajstić information content (AvgIpc) is 3.08. The van der Waals surface area contributed by atoms with Gasteiger partial charge in [-0.25, -0.2) is 9.79 Å². The van der Waals surface area contributed by atoms with E-state index in [0.29, 0.717) is 17.1 Å². The summed E-state index contributed by atoms with van der Waals surface area (Å²) in [6, 6.07) is 18.5. The Kier molecular flexibility index (Phi) is 4.83. The third-order valence-corrected chi connectivity index (χ3v) is 4.39. The summed E-state index contributed by atoms with van der Waals surface area (Å²) in [7, 11) is 1.47. The van der Waals surface area contributed by atoms with Crippen LogP contribution in [-0.2, 0) is 14.3 Å². The number of rotatable bonds is 4. The van der Waals surface area contributed by atoms with Gasteiger partial charge in [-0.15, -0.1) is 0 Å². The van der Waals surface area contributed by atoms with Gasteiger partial charge in [-0.2, -0.15) is 0 Å². The van der Waals surface area contributed by atoms with E-state index in [1.54, 1.807) is 24.3 Å². The van der Waals surface area contributed by atoms with Gasteiger partial charge in [0.15, 0.2) is 17.2 Å². The Hall–Kier alpha value is -3.93. The number of nitrogens with zero attached hydrogens (tertiary/aromatic N) is 1. The van der Waals surface area contributed by atoms with Gasteiger partial charge in [0.25, 0.3) is 0 Å². The Morgan fingerprint density at radius 2 is 1.83 bits per heavy atom. The molecule has 6 heteroatoms. The molecule has 0 aliphatic carbocycles. The highest BCUT2D eigenvalue weighted by molar-refractivity contribution is 6.17. The van der Waals surface area contributed by atoms with Crippen molar-refractivity contribution in [3.05, 3.63) is 77.5 Å². The lowest BCUT2D eigenvalue weighted by Crippen LogP contribution is -2.06. The van der Waals surface area contributed by atoms with Gasteiger partial charge < -0.3 is 14.2 Å². The van der Waals surface area contributed by atoms with E-state index >= 15 is 0 Å². The summed E-state index contributed by atoms with van der Waals surface area (Å²) in [6.07, 6.45) is 1.60. The molecule has 1 heterocycles. The molecular weight excluding hydrogens is 370 g/mol. The van der Waals surface area contributed by atoms with Crippen molar-refractivity contribution in [2.24, 2.45) is 4.99 Å². The van der Waals surface area contributed by atoms with Crippen LogP contribution in [0.1, 0.15) is 18.1 Å². The first kappa shape index (κ1) is 18.4. The topological polar surface area (TPSA) is 74.2 Å². The van der Waals surface area contributed by atoms with Crippen molar-refractivity contribution in [3.63, 3.8) is 0 Å². The molecule has 0 saturated carbocycles. The molecule has 0 aromatic heterocycles. The Bertz CT molecular complexity index is 1190. The number of cyclic esters (lactones) is 1. The van der Waals surface area contributed by atoms with Crippen LogP contribution in [0.3, 0.4) is 0 Å². The minimum Gasteiger partial charge on any atom is -0.493 e. The molecule has 4 rings (SSSR count). The van der Waals surface area contributed by atoms with E-state index < -0.39 is 11.9 Å². The number of fused-ring (bicyclic) bond motifs is 1. The molecule has 3 aromatic carbocycles. The van der Waals surface area contributed by atoms with Crippen LogP contribution in [-0.4, -0.2) is 24.9 Å². The van der Waals surface area contributed by atoms with Crippen LogP contribution >= 0.6 is 0 Å². The maximum Gasteiger partial charge on any atom is 0.363 e. The van der Waals surface area contributed by atoms with E-state index in [0.717, 1.165) is 16.3 Å². The van der Waals surface area contributed by atoms with Crippen LogP contribution in [0, 0.1) is 0 Å². The summed E-state index contributed by atoms with van der Waals surface area (Å²) >= 11 is 0. The molecular formula is C23H17NO5. The molecule has 1 aliphatic rings. The molecule has 0 radical (unpaired) electrons. The summed E-state index contributed by atoms with van der Waals surface area (Å²) in [6.45, 7) is 1.31.